The molecule has 0 bridgehead atoms. The van der Waals surface area contributed by atoms with Gasteiger partial charge < -0.3 is 5.32 Å². The number of rotatable bonds is 7. The Kier molecular flexibility index (Phi) is 6.72. The number of thioether (sulfide) groups is 1. The molecule has 0 amide bonds. The van der Waals surface area contributed by atoms with Crippen LogP contribution in [0.2, 0.25) is 0 Å². The Morgan fingerprint density at radius 3 is 2.37 bits per heavy atom. The van der Waals surface area contributed by atoms with Gasteiger partial charge >= 0.3 is 5.51 Å². The van der Waals surface area contributed by atoms with E-state index in [1.54, 1.807) is 0 Å². The molecular weight excluding hydrogens is 271 g/mol. The van der Waals surface area contributed by atoms with E-state index < -0.39 is 5.51 Å². The van der Waals surface area contributed by atoms with Crippen LogP contribution in [-0.2, 0) is 0 Å². The van der Waals surface area contributed by atoms with Crippen LogP contribution in [0.15, 0.2) is 24.3 Å². The van der Waals surface area contributed by atoms with Crippen LogP contribution >= 0.6 is 11.8 Å². The first-order valence-corrected chi connectivity index (χ1v) is 7.39. The van der Waals surface area contributed by atoms with Crippen LogP contribution in [0, 0.1) is 6.92 Å². The SMILES string of the molecule is CCNCC(CCSC(F)(F)F)c1ccc(C)cc1. The number of benzene rings is 1. The van der Waals surface area contributed by atoms with Gasteiger partial charge in [0.15, 0.2) is 0 Å². The second-order valence-electron chi connectivity index (χ2n) is 4.50. The van der Waals surface area contributed by atoms with Crippen LogP contribution < -0.4 is 5.32 Å². The Balaban J connectivity index is 2.58. The van der Waals surface area contributed by atoms with Gasteiger partial charge in [-0.1, -0.05) is 48.5 Å². The van der Waals surface area contributed by atoms with Crippen LogP contribution in [0.1, 0.15) is 30.4 Å². The molecule has 0 aliphatic heterocycles. The number of hydrogen-bond donors (Lipinski definition) is 1. The molecular formula is C14H20F3NS. The van der Waals surface area contributed by atoms with E-state index >= 15 is 0 Å². The van der Waals surface area contributed by atoms with E-state index in [1.807, 2.05) is 38.1 Å². The highest BCUT2D eigenvalue weighted by Crippen LogP contribution is 2.32. The number of nitrogens with one attached hydrogen (secondary N) is 1. The monoisotopic (exact) mass is 291 g/mol. The summed E-state index contributed by atoms with van der Waals surface area (Å²) in [5.41, 5.74) is -1.86. The lowest BCUT2D eigenvalue weighted by Crippen LogP contribution is -2.22. The Morgan fingerprint density at radius 2 is 1.84 bits per heavy atom. The first-order chi connectivity index (χ1) is 8.92. The van der Waals surface area contributed by atoms with Crippen LogP contribution in [0.4, 0.5) is 13.2 Å². The van der Waals surface area contributed by atoms with Gasteiger partial charge in [0.25, 0.3) is 0 Å². The minimum absolute atomic E-state index is 0.0654. The maximum absolute atomic E-state index is 12.2. The topological polar surface area (TPSA) is 12.0 Å². The summed E-state index contributed by atoms with van der Waals surface area (Å²) in [7, 11) is 0. The van der Waals surface area contributed by atoms with Gasteiger partial charge in [-0.25, -0.2) is 0 Å². The van der Waals surface area contributed by atoms with Crippen molar-refractivity contribution in [2.45, 2.75) is 31.7 Å². The summed E-state index contributed by atoms with van der Waals surface area (Å²) in [6.07, 6.45) is 0.528. The second kappa shape index (κ2) is 7.80. The Labute approximate surface area is 117 Å². The molecule has 0 aromatic heterocycles. The molecule has 0 spiro atoms. The number of likely N-dealkylation sites (N-methyl/N-ethyl adjacent to an activating group) is 1. The lowest BCUT2D eigenvalue weighted by atomic mass is 9.95. The van der Waals surface area contributed by atoms with E-state index in [4.69, 9.17) is 0 Å². The molecule has 0 heterocycles. The first-order valence-electron chi connectivity index (χ1n) is 6.40. The van der Waals surface area contributed by atoms with Crippen LogP contribution in [0.3, 0.4) is 0 Å². The van der Waals surface area contributed by atoms with Crippen molar-refractivity contribution in [3.8, 4) is 0 Å². The Hall–Kier alpha value is -0.680. The number of alkyl halides is 3. The third-order valence-corrected chi connectivity index (χ3v) is 3.69. The lowest BCUT2D eigenvalue weighted by molar-refractivity contribution is -0.0328. The van der Waals surface area contributed by atoms with Gasteiger partial charge in [0.2, 0.25) is 0 Å². The van der Waals surface area contributed by atoms with E-state index in [9.17, 15) is 13.2 Å². The average molecular weight is 291 g/mol. The van der Waals surface area contributed by atoms with Crippen molar-refractivity contribution < 1.29 is 13.2 Å². The van der Waals surface area contributed by atoms with Crippen LogP contribution in [-0.4, -0.2) is 24.4 Å². The van der Waals surface area contributed by atoms with Crippen molar-refractivity contribution in [3.05, 3.63) is 35.4 Å². The molecule has 0 fully saturated rings. The molecule has 0 aliphatic rings. The molecule has 1 rings (SSSR count). The summed E-state index contributed by atoms with van der Waals surface area (Å²) >= 11 is 0.0654. The second-order valence-corrected chi connectivity index (χ2v) is 5.66. The molecule has 1 unspecified atom stereocenters. The Bertz CT molecular complexity index is 362. The standard InChI is InChI=1S/C14H20F3NS/c1-3-18-10-13(8-9-19-14(15,16)17)12-6-4-11(2)5-7-12/h4-7,13,18H,3,8-10H2,1-2H3. The van der Waals surface area contributed by atoms with E-state index in [2.05, 4.69) is 5.32 Å². The fourth-order valence-electron chi connectivity index (χ4n) is 1.86. The third-order valence-electron chi connectivity index (χ3n) is 2.92. The number of aryl methyl sites for hydroxylation is 1. The van der Waals surface area contributed by atoms with Crippen molar-refractivity contribution in [3.63, 3.8) is 0 Å². The number of halogens is 3. The van der Waals surface area contributed by atoms with Gasteiger partial charge in [0.05, 0.1) is 0 Å². The van der Waals surface area contributed by atoms with Gasteiger partial charge in [-0.05, 0) is 31.4 Å². The lowest BCUT2D eigenvalue weighted by Gasteiger charge is -2.18. The largest absolute Gasteiger partial charge is 0.441 e. The minimum Gasteiger partial charge on any atom is -0.316 e. The molecule has 1 nitrogen and oxygen atoms in total. The van der Waals surface area contributed by atoms with Crippen molar-refractivity contribution in [2.75, 3.05) is 18.8 Å². The molecule has 0 saturated heterocycles. The van der Waals surface area contributed by atoms with Gasteiger partial charge in [-0.15, -0.1) is 0 Å². The molecule has 1 aromatic rings. The summed E-state index contributed by atoms with van der Waals surface area (Å²) in [6, 6.07) is 8.03. The predicted octanol–water partition coefficient (Wildman–Crippen LogP) is 4.33. The fraction of sp³-hybridized carbons (Fsp3) is 0.571. The van der Waals surface area contributed by atoms with Crippen molar-refractivity contribution in [1.29, 1.82) is 0 Å². The van der Waals surface area contributed by atoms with E-state index in [-0.39, 0.29) is 23.4 Å². The quantitative estimate of drug-likeness (QED) is 0.802. The maximum atomic E-state index is 12.2. The fourth-order valence-corrected chi connectivity index (χ4v) is 2.49. The van der Waals surface area contributed by atoms with Crippen molar-refractivity contribution in [2.24, 2.45) is 0 Å². The van der Waals surface area contributed by atoms with Gasteiger partial charge in [-0.2, -0.15) is 13.2 Å². The summed E-state index contributed by atoms with van der Waals surface area (Å²) in [6.45, 7) is 5.55. The molecule has 0 saturated carbocycles. The zero-order chi connectivity index (χ0) is 14.3. The van der Waals surface area contributed by atoms with Crippen LogP contribution in [0.25, 0.3) is 0 Å². The molecule has 19 heavy (non-hydrogen) atoms. The van der Waals surface area contributed by atoms with E-state index in [0.29, 0.717) is 6.42 Å². The highest BCUT2D eigenvalue weighted by molar-refractivity contribution is 8.00. The summed E-state index contributed by atoms with van der Waals surface area (Å²) in [4.78, 5) is 0. The number of hydrogen-bond acceptors (Lipinski definition) is 2. The van der Waals surface area contributed by atoms with E-state index in [1.165, 1.54) is 0 Å². The molecule has 1 aromatic carbocycles. The smallest absolute Gasteiger partial charge is 0.316 e. The summed E-state index contributed by atoms with van der Waals surface area (Å²) in [5, 5.41) is 3.22. The van der Waals surface area contributed by atoms with E-state index in [0.717, 1.165) is 24.2 Å². The van der Waals surface area contributed by atoms with Gasteiger partial charge in [0, 0.05) is 12.3 Å². The Morgan fingerprint density at radius 1 is 1.21 bits per heavy atom. The zero-order valence-electron chi connectivity index (χ0n) is 11.3. The van der Waals surface area contributed by atoms with Crippen molar-refractivity contribution >= 4 is 11.8 Å². The van der Waals surface area contributed by atoms with Gasteiger partial charge in [-0.3, -0.25) is 0 Å². The average Bonchev–Trinajstić information content (AvgIpc) is 2.33. The highest BCUT2D eigenvalue weighted by atomic mass is 32.2. The zero-order valence-corrected chi connectivity index (χ0v) is 12.1. The third kappa shape index (κ3) is 6.87. The van der Waals surface area contributed by atoms with Crippen molar-refractivity contribution in [1.82, 2.24) is 5.32 Å². The molecule has 1 N–H and O–H groups in total. The molecule has 5 heteroatoms. The molecule has 1 atom stereocenters. The first kappa shape index (κ1) is 16.4. The van der Waals surface area contributed by atoms with Gasteiger partial charge in [0.1, 0.15) is 0 Å². The molecule has 0 aliphatic carbocycles. The molecule has 108 valence electrons. The van der Waals surface area contributed by atoms with Crippen LogP contribution in [0.5, 0.6) is 0 Å². The maximum Gasteiger partial charge on any atom is 0.441 e. The molecule has 0 radical (unpaired) electrons. The minimum atomic E-state index is -4.13. The highest BCUT2D eigenvalue weighted by Gasteiger charge is 2.28. The normalized spacial score (nSPS) is 13.5. The summed E-state index contributed by atoms with van der Waals surface area (Å²) < 4.78 is 36.5. The summed E-state index contributed by atoms with van der Waals surface area (Å²) in [5.74, 6) is 0.239. The predicted molar refractivity (Wildman–Crippen MR) is 75.6 cm³/mol.